The van der Waals surface area contributed by atoms with E-state index in [0.717, 1.165) is 22.0 Å². The minimum Gasteiger partial charge on any atom is -0.361 e. The summed E-state index contributed by atoms with van der Waals surface area (Å²) in [6, 6.07) is 19.4. The summed E-state index contributed by atoms with van der Waals surface area (Å²) in [5, 5.41) is 13.9. The Labute approximate surface area is 199 Å². The number of nitrogens with zero attached hydrogens (tertiary/aromatic N) is 2. The second kappa shape index (κ2) is 9.32. The Kier molecular flexibility index (Phi) is 6.45. The second-order valence-electron chi connectivity index (χ2n) is 9.70. The van der Waals surface area contributed by atoms with E-state index in [1.165, 1.54) is 0 Å². The fraction of sp³-hybridized carbons (Fsp3) is 0.370. The molecule has 1 aliphatic rings. The monoisotopic (exact) mass is 457 g/mol. The number of aromatic amines is 1. The molecule has 0 bridgehead atoms. The predicted molar refractivity (Wildman–Crippen MR) is 132 cm³/mol. The number of carbonyl (C=O) groups is 2. The van der Waals surface area contributed by atoms with Crippen LogP contribution in [0.1, 0.15) is 37.8 Å². The Morgan fingerprint density at radius 2 is 1.79 bits per heavy atom. The Morgan fingerprint density at radius 3 is 2.44 bits per heavy atom. The standard InChI is InChI=1S/C27H31N5O2/c1-26(2,29)25(34)31-23(16-19-17-30-22-11-7-6-10-21(19)22)24(33)32-14-12-27(18-28,13-15-32)20-8-4-3-5-9-20/h3-11,17,23,30H,12-16,29H2,1-2H3,(H,31,34)/t23-/m1/s1. The lowest BCUT2D eigenvalue weighted by Gasteiger charge is -2.39. The number of benzene rings is 2. The second-order valence-corrected chi connectivity index (χ2v) is 9.70. The number of hydrogen-bond acceptors (Lipinski definition) is 4. The number of piperidine rings is 1. The fourth-order valence-corrected chi connectivity index (χ4v) is 4.62. The van der Waals surface area contributed by atoms with Crippen LogP contribution in [-0.2, 0) is 21.4 Å². The molecule has 7 nitrogen and oxygen atoms in total. The van der Waals surface area contributed by atoms with E-state index in [1.807, 2.05) is 60.8 Å². The van der Waals surface area contributed by atoms with Crippen molar-refractivity contribution in [2.75, 3.05) is 13.1 Å². The van der Waals surface area contributed by atoms with Crippen LogP contribution in [0.2, 0.25) is 0 Å². The van der Waals surface area contributed by atoms with Gasteiger partial charge in [0, 0.05) is 36.6 Å². The molecule has 34 heavy (non-hydrogen) atoms. The third-order valence-corrected chi connectivity index (χ3v) is 6.76. The van der Waals surface area contributed by atoms with Crippen molar-refractivity contribution in [3.63, 3.8) is 0 Å². The molecule has 1 aromatic heterocycles. The molecule has 1 atom stereocenters. The fourth-order valence-electron chi connectivity index (χ4n) is 4.62. The van der Waals surface area contributed by atoms with E-state index in [0.29, 0.717) is 32.4 Å². The van der Waals surface area contributed by atoms with Gasteiger partial charge in [-0.3, -0.25) is 9.59 Å². The van der Waals surface area contributed by atoms with Crippen molar-refractivity contribution in [3.05, 3.63) is 71.9 Å². The first-order valence-electron chi connectivity index (χ1n) is 11.6. The molecule has 0 spiro atoms. The van der Waals surface area contributed by atoms with E-state index in [4.69, 9.17) is 5.73 Å². The summed E-state index contributed by atoms with van der Waals surface area (Å²) in [4.78, 5) is 31.4. The minimum absolute atomic E-state index is 0.150. The van der Waals surface area contributed by atoms with Gasteiger partial charge in [0.15, 0.2) is 0 Å². The van der Waals surface area contributed by atoms with Crippen LogP contribution in [0.25, 0.3) is 10.9 Å². The Bertz CT molecular complexity index is 1210. The zero-order chi connectivity index (χ0) is 24.3. The first kappa shape index (κ1) is 23.5. The molecule has 176 valence electrons. The summed E-state index contributed by atoms with van der Waals surface area (Å²) in [7, 11) is 0. The summed E-state index contributed by atoms with van der Waals surface area (Å²) >= 11 is 0. The summed E-state index contributed by atoms with van der Waals surface area (Å²) in [6.45, 7) is 4.15. The summed E-state index contributed by atoms with van der Waals surface area (Å²) in [6.07, 6.45) is 3.34. The van der Waals surface area contributed by atoms with Crippen LogP contribution in [-0.4, -0.2) is 46.4 Å². The van der Waals surface area contributed by atoms with Crippen LogP contribution in [0.3, 0.4) is 0 Å². The quantitative estimate of drug-likeness (QED) is 0.528. The average molecular weight is 458 g/mol. The summed E-state index contributed by atoms with van der Waals surface area (Å²) < 4.78 is 0. The van der Waals surface area contributed by atoms with Crippen LogP contribution >= 0.6 is 0 Å². The van der Waals surface area contributed by atoms with E-state index in [9.17, 15) is 14.9 Å². The molecule has 1 fully saturated rings. The zero-order valence-corrected chi connectivity index (χ0v) is 19.7. The lowest BCUT2D eigenvalue weighted by atomic mass is 9.74. The molecular formula is C27H31N5O2. The summed E-state index contributed by atoms with van der Waals surface area (Å²) in [5.41, 5.74) is 7.22. The molecule has 1 aliphatic heterocycles. The number of fused-ring (bicyclic) bond motifs is 1. The van der Waals surface area contributed by atoms with Crippen LogP contribution in [0.15, 0.2) is 60.8 Å². The Morgan fingerprint density at radius 1 is 1.15 bits per heavy atom. The van der Waals surface area contributed by atoms with Crippen molar-refractivity contribution >= 4 is 22.7 Å². The van der Waals surface area contributed by atoms with Gasteiger partial charge in [0.25, 0.3) is 0 Å². The van der Waals surface area contributed by atoms with Crippen molar-refractivity contribution in [2.24, 2.45) is 5.73 Å². The number of nitrogens with one attached hydrogen (secondary N) is 2. The number of rotatable bonds is 6. The van der Waals surface area contributed by atoms with Crippen molar-refractivity contribution in [1.29, 1.82) is 5.26 Å². The lowest BCUT2D eigenvalue weighted by Crippen LogP contribution is -2.58. The molecule has 0 radical (unpaired) electrons. The molecule has 2 amide bonds. The van der Waals surface area contributed by atoms with Crippen LogP contribution in [0.4, 0.5) is 0 Å². The van der Waals surface area contributed by atoms with Gasteiger partial charge in [-0.1, -0.05) is 48.5 Å². The lowest BCUT2D eigenvalue weighted by molar-refractivity contribution is -0.138. The number of para-hydroxylation sites is 1. The molecule has 1 saturated heterocycles. The number of aromatic nitrogens is 1. The van der Waals surface area contributed by atoms with E-state index in [1.54, 1.807) is 18.7 Å². The van der Waals surface area contributed by atoms with Crippen molar-refractivity contribution in [2.45, 2.75) is 50.1 Å². The first-order valence-corrected chi connectivity index (χ1v) is 11.6. The highest BCUT2D eigenvalue weighted by molar-refractivity contribution is 5.92. The maximum atomic E-state index is 13.6. The number of carbonyl (C=O) groups excluding carboxylic acids is 2. The third kappa shape index (κ3) is 4.68. The van der Waals surface area contributed by atoms with Gasteiger partial charge in [-0.2, -0.15) is 5.26 Å². The average Bonchev–Trinajstić information content (AvgIpc) is 3.26. The number of likely N-dealkylation sites (tertiary alicyclic amines) is 1. The van der Waals surface area contributed by atoms with Gasteiger partial charge in [-0.05, 0) is 43.9 Å². The SMILES string of the molecule is CC(C)(N)C(=O)N[C@H](Cc1c[nH]c2ccccc12)C(=O)N1CCC(C#N)(c2ccccc2)CC1. The molecule has 0 aliphatic carbocycles. The molecule has 2 aromatic carbocycles. The molecule has 4 rings (SSSR count). The molecule has 0 saturated carbocycles. The van der Waals surface area contributed by atoms with Crippen LogP contribution in [0, 0.1) is 11.3 Å². The molecular weight excluding hydrogens is 426 g/mol. The van der Waals surface area contributed by atoms with Gasteiger partial charge in [-0.15, -0.1) is 0 Å². The zero-order valence-electron chi connectivity index (χ0n) is 19.7. The number of H-pyrrole nitrogens is 1. The minimum atomic E-state index is -1.11. The van der Waals surface area contributed by atoms with E-state index < -0.39 is 17.0 Å². The first-order chi connectivity index (χ1) is 16.2. The molecule has 2 heterocycles. The number of amides is 2. The van der Waals surface area contributed by atoms with Crippen LogP contribution in [0.5, 0.6) is 0 Å². The van der Waals surface area contributed by atoms with Crippen molar-refractivity contribution < 1.29 is 9.59 Å². The third-order valence-electron chi connectivity index (χ3n) is 6.76. The van der Waals surface area contributed by atoms with Crippen molar-refractivity contribution in [1.82, 2.24) is 15.2 Å². The molecule has 3 aromatic rings. The highest BCUT2D eigenvalue weighted by atomic mass is 16.2. The largest absolute Gasteiger partial charge is 0.361 e. The topological polar surface area (TPSA) is 115 Å². The maximum Gasteiger partial charge on any atom is 0.245 e. The van der Waals surface area contributed by atoms with Gasteiger partial charge in [0.05, 0.1) is 17.0 Å². The molecule has 7 heteroatoms. The molecule has 4 N–H and O–H groups in total. The van der Waals surface area contributed by atoms with E-state index >= 15 is 0 Å². The van der Waals surface area contributed by atoms with E-state index in [2.05, 4.69) is 16.4 Å². The Balaban J connectivity index is 1.55. The predicted octanol–water partition coefficient (Wildman–Crippen LogP) is 3.02. The highest BCUT2D eigenvalue weighted by Crippen LogP contribution is 2.35. The normalized spacial score (nSPS) is 16.6. The van der Waals surface area contributed by atoms with Gasteiger partial charge < -0.3 is 20.9 Å². The number of nitriles is 1. The van der Waals surface area contributed by atoms with Gasteiger partial charge in [0.2, 0.25) is 11.8 Å². The highest BCUT2D eigenvalue weighted by Gasteiger charge is 2.39. The van der Waals surface area contributed by atoms with Crippen molar-refractivity contribution in [3.8, 4) is 6.07 Å². The van der Waals surface area contributed by atoms with E-state index in [-0.39, 0.29) is 11.8 Å². The number of hydrogen-bond donors (Lipinski definition) is 3. The number of nitrogens with two attached hydrogens (primary N) is 1. The van der Waals surface area contributed by atoms with Crippen LogP contribution < -0.4 is 11.1 Å². The maximum absolute atomic E-state index is 13.6. The van der Waals surface area contributed by atoms with Gasteiger partial charge in [-0.25, -0.2) is 0 Å². The molecule has 0 unspecified atom stereocenters. The summed E-state index contributed by atoms with van der Waals surface area (Å²) in [5.74, 6) is -0.527. The smallest absolute Gasteiger partial charge is 0.245 e. The Hall–Kier alpha value is -3.63. The van der Waals surface area contributed by atoms with Gasteiger partial charge in [0.1, 0.15) is 6.04 Å². The van der Waals surface area contributed by atoms with Gasteiger partial charge >= 0.3 is 0 Å².